The number of likely N-dealkylation sites (N-methyl/N-ethyl adjacent to an activating group) is 1. The Morgan fingerprint density at radius 2 is 1.81 bits per heavy atom. The van der Waals surface area contributed by atoms with Crippen molar-refractivity contribution in [3.05, 3.63) is 42.6 Å². The van der Waals surface area contributed by atoms with E-state index >= 15 is 0 Å². The summed E-state index contributed by atoms with van der Waals surface area (Å²) < 4.78 is 0. The van der Waals surface area contributed by atoms with Gasteiger partial charge in [0.25, 0.3) is 0 Å². The van der Waals surface area contributed by atoms with Gasteiger partial charge >= 0.3 is 6.03 Å². The lowest BCUT2D eigenvalue weighted by Crippen LogP contribution is -2.57. The molecule has 0 saturated carbocycles. The Labute approximate surface area is 170 Å². The number of fused-ring (bicyclic) bond motifs is 2. The van der Waals surface area contributed by atoms with Crippen LogP contribution in [0, 0.1) is 0 Å². The first-order chi connectivity index (χ1) is 12.7. The van der Waals surface area contributed by atoms with E-state index in [2.05, 4.69) is 28.0 Å². The van der Waals surface area contributed by atoms with Gasteiger partial charge in [0.15, 0.2) is 5.82 Å². The van der Waals surface area contributed by atoms with E-state index < -0.39 is 0 Å². The van der Waals surface area contributed by atoms with Crippen molar-refractivity contribution in [1.29, 1.82) is 0 Å². The van der Waals surface area contributed by atoms with E-state index in [1.165, 1.54) is 0 Å². The summed E-state index contributed by atoms with van der Waals surface area (Å²) in [4.78, 5) is 24.3. The van der Waals surface area contributed by atoms with E-state index in [4.69, 9.17) is 0 Å². The molecule has 2 amide bonds. The summed E-state index contributed by atoms with van der Waals surface area (Å²) in [5.74, 6) is 0.716. The molecule has 0 radical (unpaired) electrons. The molecule has 27 heavy (non-hydrogen) atoms. The van der Waals surface area contributed by atoms with Crippen molar-refractivity contribution in [2.45, 2.75) is 16.7 Å². The molecule has 2 aliphatic heterocycles. The molecule has 0 N–H and O–H groups in total. The number of benzene rings is 1. The first-order valence-electron chi connectivity index (χ1n) is 8.96. The van der Waals surface area contributed by atoms with E-state index in [0.29, 0.717) is 12.4 Å². The average molecular weight is 406 g/mol. The predicted octanol–water partition coefficient (Wildman–Crippen LogP) is 3.71. The Morgan fingerprint density at radius 1 is 1.11 bits per heavy atom. The van der Waals surface area contributed by atoms with Gasteiger partial charge in [-0.05, 0) is 38.2 Å². The average Bonchev–Trinajstić information content (AvgIpc) is 2.68. The van der Waals surface area contributed by atoms with Crippen LogP contribution in [0.2, 0.25) is 0 Å². The van der Waals surface area contributed by atoms with Gasteiger partial charge in [-0.2, -0.15) is 0 Å². The van der Waals surface area contributed by atoms with Gasteiger partial charge in [-0.1, -0.05) is 23.9 Å². The number of urea groups is 1. The molecule has 0 atom stereocenters. The number of para-hydroxylation sites is 1. The van der Waals surface area contributed by atoms with Crippen molar-refractivity contribution in [2.75, 3.05) is 44.7 Å². The summed E-state index contributed by atoms with van der Waals surface area (Å²) in [5.41, 5.74) is 0.904. The molecule has 0 unspecified atom stereocenters. The molecule has 4 rings (SSSR count). The number of hydrazine groups is 1. The number of rotatable bonds is 2. The lowest BCUT2D eigenvalue weighted by Gasteiger charge is -2.42. The van der Waals surface area contributed by atoms with Crippen LogP contribution in [-0.2, 0) is 0 Å². The molecule has 0 spiro atoms. The van der Waals surface area contributed by atoms with Crippen LogP contribution in [0.25, 0.3) is 0 Å². The summed E-state index contributed by atoms with van der Waals surface area (Å²) in [6.07, 6.45) is 1.75. The molecule has 1 aromatic heterocycles. The highest BCUT2D eigenvalue weighted by Crippen LogP contribution is 2.47. The van der Waals surface area contributed by atoms with E-state index in [1.807, 2.05) is 42.3 Å². The van der Waals surface area contributed by atoms with Crippen molar-refractivity contribution in [3.8, 4) is 0 Å². The number of carbonyl (C=O) groups is 1. The minimum atomic E-state index is -0.0373. The molecule has 144 valence electrons. The highest BCUT2D eigenvalue weighted by molar-refractivity contribution is 7.99. The Bertz CT molecular complexity index is 767. The fourth-order valence-electron chi connectivity index (χ4n) is 3.39. The van der Waals surface area contributed by atoms with Crippen molar-refractivity contribution in [3.63, 3.8) is 0 Å². The largest absolute Gasteiger partial charge is 0.344 e. The highest BCUT2D eigenvalue weighted by atomic mass is 35.5. The minimum absolute atomic E-state index is 0. The van der Waals surface area contributed by atoms with Gasteiger partial charge in [0.1, 0.15) is 0 Å². The fraction of sp³-hybridized carbons (Fsp3) is 0.368. The maximum Gasteiger partial charge on any atom is 0.344 e. The second-order valence-corrected chi connectivity index (χ2v) is 7.57. The topological polar surface area (TPSA) is 42.9 Å². The van der Waals surface area contributed by atoms with Crippen molar-refractivity contribution >= 4 is 41.7 Å². The number of amides is 2. The molecule has 6 nitrogen and oxygen atoms in total. The fourth-order valence-corrected chi connectivity index (χ4v) is 4.42. The van der Waals surface area contributed by atoms with Gasteiger partial charge in [-0.15, -0.1) is 12.4 Å². The summed E-state index contributed by atoms with van der Waals surface area (Å²) in [6, 6.07) is 11.9. The van der Waals surface area contributed by atoms with Gasteiger partial charge in [0.05, 0.1) is 10.6 Å². The van der Waals surface area contributed by atoms with Gasteiger partial charge in [-0.3, -0.25) is 5.01 Å². The number of pyridine rings is 1. The van der Waals surface area contributed by atoms with Crippen LogP contribution in [-0.4, -0.2) is 65.7 Å². The van der Waals surface area contributed by atoms with Crippen molar-refractivity contribution < 1.29 is 4.79 Å². The molecule has 1 aromatic carbocycles. The molecule has 1 saturated heterocycles. The van der Waals surface area contributed by atoms with Crippen LogP contribution in [0.5, 0.6) is 0 Å². The van der Waals surface area contributed by atoms with E-state index in [0.717, 1.165) is 41.7 Å². The number of halogens is 1. The first kappa shape index (κ1) is 19.9. The molecule has 1 fully saturated rings. The quantitative estimate of drug-likeness (QED) is 0.761. The second kappa shape index (κ2) is 8.48. The third-order valence-corrected chi connectivity index (χ3v) is 5.93. The SMILES string of the molecule is CCN(C(=O)N1c2ccccc2Sc2cccnc21)N1CCN(C)CC1.Cl. The molecule has 3 heterocycles. The van der Waals surface area contributed by atoms with E-state index in [-0.39, 0.29) is 18.4 Å². The van der Waals surface area contributed by atoms with Crippen molar-refractivity contribution in [1.82, 2.24) is 19.9 Å². The molecule has 0 aliphatic carbocycles. The lowest BCUT2D eigenvalue weighted by molar-refractivity contribution is -0.0125. The van der Waals surface area contributed by atoms with E-state index in [9.17, 15) is 4.79 Å². The maximum atomic E-state index is 13.6. The Balaban J connectivity index is 0.00000210. The lowest BCUT2D eigenvalue weighted by atomic mass is 10.2. The van der Waals surface area contributed by atoms with Crippen LogP contribution in [0.4, 0.5) is 16.3 Å². The highest BCUT2D eigenvalue weighted by Gasteiger charge is 2.34. The molecule has 8 heteroatoms. The maximum absolute atomic E-state index is 13.6. The summed E-state index contributed by atoms with van der Waals surface area (Å²) in [6.45, 7) is 6.30. The summed E-state index contributed by atoms with van der Waals surface area (Å²) >= 11 is 1.66. The molecule has 2 aliphatic rings. The van der Waals surface area contributed by atoms with Gasteiger partial charge < -0.3 is 4.90 Å². The number of carbonyl (C=O) groups excluding carboxylic acids is 1. The smallest absolute Gasteiger partial charge is 0.304 e. The number of hydrogen-bond donors (Lipinski definition) is 0. The summed E-state index contributed by atoms with van der Waals surface area (Å²) in [7, 11) is 2.12. The van der Waals surface area contributed by atoms with Crippen LogP contribution in [0.1, 0.15) is 6.92 Å². The van der Waals surface area contributed by atoms with Gasteiger partial charge in [-0.25, -0.2) is 19.7 Å². The third kappa shape index (κ3) is 3.78. The zero-order valence-electron chi connectivity index (χ0n) is 15.5. The van der Waals surface area contributed by atoms with E-state index in [1.54, 1.807) is 22.9 Å². The standard InChI is InChI=1S/C19H23N5OS.ClH/c1-3-23(22-13-11-21(2)12-14-22)19(25)24-15-7-4-5-8-16(15)26-17-9-6-10-20-18(17)24;/h4-10H,3,11-14H2,1-2H3;1H. The third-order valence-electron chi connectivity index (χ3n) is 4.82. The zero-order chi connectivity index (χ0) is 18.1. The zero-order valence-corrected chi connectivity index (χ0v) is 17.2. The number of hydrogen-bond acceptors (Lipinski definition) is 5. The van der Waals surface area contributed by atoms with Gasteiger partial charge in [0.2, 0.25) is 0 Å². The second-order valence-electron chi connectivity index (χ2n) is 6.49. The number of piperazine rings is 1. The summed E-state index contributed by atoms with van der Waals surface area (Å²) in [5, 5.41) is 4.02. The Hall–Kier alpha value is -1.80. The Kier molecular flexibility index (Phi) is 6.26. The minimum Gasteiger partial charge on any atom is -0.304 e. The number of nitrogens with zero attached hydrogens (tertiary/aromatic N) is 5. The normalized spacial score (nSPS) is 16.9. The molecular weight excluding hydrogens is 382 g/mol. The monoisotopic (exact) mass is 405 g/mol. The van der Waals surface area contributed by atoms with Gasteiger partial charge in [0, 0.05) is 43.8 Å². The predicted molar refractivity (Wildman–Crippen MR) is 111 cm³/mol. The number of anilines is 2. The van der Waals surface area contributed by atoms with Crippen LogP contribution in [0.15, 0.2) is 52.4 Å². The molecule has 2 aromatic rings. The number of aromatic nitrogens is 1. The van der Waals surface area contributed by atoms with Crippen LogP contribution < -0.4 is 4.90 Å². The van der Waals surface area contributed by atoms with Crippen LogP contribution >= 0.6 is 24.2 Å². The van der Waals surface area contributed by atoms with Crippen LogP contribution in [0.3, 0.4) is 0 Å². The molecular formula is C19H24ClN5OS. The van der Waals surface area contributed by atoms with Crippen molar-refractivity contribution in [2.24, 2.45) is 0 Å². The first-order valence-corrected chi connectivity index (χ1v) is 9.77. The Morgan fingerprint density at radius 3 is 2.56 bits per heavy atom. The molecule has 0 bridgehead atoms.